The summed E-state index contributed by atoms with van der Waals surface area (Å²) in [6.07, 6.45) is 1.02. The van der Waals surface area contributed by atoms with Crippen molar-refractivity contribution < 1.29 is 14.2 Å². The van der Waals surface area contributed by atoms with Crippen LogP contribution in [0, 0.1) is 0 Å². The van der Waals surface area contributed by atoms with Gasteiger partial charge in [0.2, 0.25) is 5.88 Å². The molecule has 1 unspecified atom stereocenters. The second-order valence-corrected chi connectivity index (χ2v) is 4.24. The fourth-order valence-electron chi connectivity index (χ4n) is 1.40. The first-order valence-electron chi connectivity index (χ1n) is 6.44. The molecule has 1 aromatic heterocycles. The first kappa shape index (κ1) is 15.7. The molecule has 108 valence electrons. The average Bonchev–Trinajstić information content (AvgIpc) is 2.39. The van der Waals surface area contributed by atoms with Crippen molar-refractivity contribution in [3.05, 3.63) is 11.9 Å². The molecule has 19 heavy (non-hydrogen) atoms. The van der Waals surface area contributed by atoms with Crippen LogP contribution in [0.15, 0.2) is 6.07 Å². The quantitative estimate of drug-likeness (QED) is 0.690. The predicted octanol–water partition coefficient (Wildman–Crippen LogP) is 1.86. The number of aromatic nitrogens is 2. The van der Waals surface area contributed by atoms with Crippen LogP contribution < -0.4 is 10.1 Å². The van der Waals surface area contributed by atoms with Crippen molar-refractivity contribution in [1.29, 1.82) is 0 Å². The number of rotatable bonds is 9. The zero-order valence-electron chi connectivity index (χ0n) is 12.1. The van der Waals surface area contributed by atoms with E-state index in [4.69, 9.17) is 14.2 Å². The van der Waals surface area contributed by atoms with E-state index in [2.05, 4.69) is 29.1 Å². The number of anilines is 1. The molecular formula is C13H23N3O3. The van der Waals surface area contributed by atoms with Crippen LogP contribution in [0.3, 0.4) is 0 Å². The lowest BCUT2D eigenvalue weighted by atomic mass is 10.2. The number of nitrogens with zero attached hydrogens (tertiary/aromatic N) is 2. The summed E-state index contributed by atoms with van der Waals surface area (Å²) in [5.41, 5.74) is 0. The molecule has 0 radical (unpaired) electrons. The van der Waals surface area contributed by atoms with Crippen LogP contribution >= 0.6 is 0 Å². The second-order valence-electron chi connectivity index (χ2n) is 4.24. The number of methoxy groups -OCH3 is 2. The minimum atomic E-state index is 0.345. The van der Waals surface area contributed by atoms with E-state index >= 15 is 0 Å². The van der Waals surface area contributed by atoms with Gasteiger partial charge in [-0.2, -0.15) is 4.98 Å². The van der Waals surface area contributed by atoms with E-state index in [1.165, 1.54) is 0 Å². The highest BCUT2D eigenvalue weighted by Gasteiger charge is 2.07. The predicted molar refractivity (Wildman–Crippen MR) is 73.5 cm³/mol. The minimum absolute atomic E-state index is 0.345. The van der Waals surface area contributed by atoms with Gasteiger partial charge in [0.25, 0.3) is 0 Å². The minimum Gasteiger partial charge on any atom is -0.475 e. The molecule has 0 aliphatic heterocycles. The van der Waals surface area contributed by atoms with Gasteiger partial charge in [-0.1, -0.05) is 6.92 Å². The van der Waals surface area contributed by atoms with Crippen LogP contribution in [0.1, 0.15) is 26.1 Å². The van der Waals surface area contributed by atoms with Crippen LogP contribution in [0.5, 0.6) is 5.88 Å². The molecule has 0 saturated heterocycles. The summed E-state index contributed by atoms with van der Waals surface area (Å²) in [5.74, 6) is 1.89. The van der Waals surface area contributed by atoms with E-state index in [1.807, 2.05) is 0 Å². The highest BCUT2D eigenvalue weighted by Crippen LogP contribution is 2.15. The first-order chi connectivity index (χ1) is 9.19. The Morgan fingerprint density at radius 3 is 2.63 bits per heavy atom. The lowest BCUT2D eigenvalue weighted by Gasteiger charge is -2.14. The van der Waals surface area contributed by atoms with Crippen molar-refractivity contribution in [3.8, 4) is 5.88 Å². The summed E-state index contributed by atoms with van der Waals surface area (Å²) < 4.78 is 15.5. The molecule has 0 saturated carbocycles. The Morgan fingerprint density at radius 2 is 2.00 bits per heavy atom. The molecule has 0 aromatic carbocycles. The molecule has 6 heteroatoms. The number of ether oxygens (including phenoxy) is 3. The highest BCUT2D eigenvalue weighted by atomic mass is 16.5. The lowest BCUT2D eigenvalue weighted by Crippen LogP contribution is -2.16. The zero-order chi connectivity index (χ0) is 14.1. The first-order valence-corrected chi connectivity index (χ1v) is 6.44. The van der Waals surface area contributed by atoms with E-state index < -0.39 is 0 Å². The van der Waals surface area contributed by atoms with Crippen molar-refractivity contribution in [3.63, 3.8) is 0 Å². The molecule has 6 nitrogen and oxygen atoms in total. The molecule has 1 rings (SSSR count). The lowest BCUT2D eigenvalue weighted by molar-refractivity contribution is 0.142. The Morgan fingerprint density at radius 1 is 1.21 bits per heavy atom. The number of hydrogen-bond donors (Lipinski definition) is 1. The van der Waals surface area contributed by atoms with E-state index in [9.17, 15) is 0 Å². The van der Waals surface area contributed by atoms with Crippen molar-refractivity contribution in [1.82, 2.24) is 9.97 Å². The smallest absolute Gasteiger partial charge is 0.218 e. The van der Waals surface area contributed by atoms with Crippen molar-refractivity contribution in [2.24, 2.45) is 0 Å². The Kier molecular flexibility index (Phi) is 7.14. The monoisotopic (exact) mass is 269 g/mol. The summed E-state index contributed by atoms with van der Waals surface area (Å²) in [6, 6.07) is 2.14. The third kappa shape index (κ3) is 5.85. The third-order valence-corrected chi connectivity index (χ3v) is 2.57. The summed E-state index contributed by atoms with van der Waals surface area (Å²) in [4.78, 5) is 8.66. The van der Waals surface area contributed by atoms with Gasteiger partial charge in [0.05, 0.1) is 6.61 Å². The maximum absolute atomic E-state index is 5.52. The molecule has 1 aromatic rings. The molecular weight excluding hydrogens is 246 g/mol. The van der Waals surface area contributed by atoms with Gasteiger partial charge < -0.3 is 19.5 Å². The van der Waals surface area contributed by atoms with Crippen LogP contribution in [0.25, 0.3) is 0 Å². The molecule has 1 N–H and O–H groups in total. The number of nitrogens with one attached hydrogen (secondary N) is 1. The van der Waals surface area contributed by atoms with Gasteiger partial charge in [-0.3, -0.25) is 0 Å². The summed E-state index contributed by atoms with van der Waals surface area (Å²) >= 11 is 0. The maximum Gasteiger partial charge on any atom is 0.218 e. The van der Waals surface area contributed by atoms with E-state index in [-0.39, 0.29) is 0 Å². The van der Waals surface area contributed by atoms with Gasteiger partial charge in [-0.25, -0.2) is 4.98 Å². The Labute approximate surface area is 114 Å². The molecule has 1 heterocycles. The number of hydrogen-bond acceptors (Lipinski definition) is 6. The van der Waals surface area contributed by atoms with Crippen LogP contribution in [-0.4, -0.2) is 43.4 Å². The largest absolute Gasteiger partial charge is 0.475 e. The molecule has 0 spiro atoms. The summed E-state index contributed by atoms with van der Waals surface area (Å²) in [6.45, 7) is 5.56. The van der Waals surface area contributed by atoms with Gasteiger partial charge >= 0.3 is 0 Å². The third-order valence-electron chi connectivity index (χ3n) is 2.57. The van der Waals surface area contributed by atoms with E-state index in [0.717, 1.165) is 12.2 Å². The SMILES string of the molecule is CCC(C)Nc1cc(OCCOC)nc(COC)n1. The zero-order valence-corrected chi connectivity index (χ0v) is 12.1. The standard InChI is InChI=1S/C13H23N3O3/c1-5-10(2)14-11-8-13(19-7-6-17-3)16-12(15-11)9-18-4/h8,10H,5-7,9H2,1-4H3,(H,14,15,16). The highest BCUT2D eigenvalue weighted by molar-refractivity contribution is 5.39. The van der Waals surface area contributed by atoms with Crippen molar-refractivity contribution in [2.45, 2.75) is 32.9 Å². The molecule has 0 aliphatic carbocycles. The van der Waals surface area contributed by atoms with Gasteiger partial charge in [0.15, 0.2) is 5.82 Å². The normalized spacial score (nSPS) is 12.2. The van der Waals surface area contributed by atoms with E-state index in [0.29, 0.717) is 37.6 Å². The van der Waals surface area contributed by atoms with Gasteiger partial charge in [0, 0.05) is 26.3 Å². The fraction of sp³-hybridized carbons (Fsp3) is 0.692. The Bertz CT molecular complexity index is 374. The second kappa shape index (κ2) is 8.66. The van der Waals surface area contributed by atoms with Crippen LogP contribution in [-0.2, 0) is 16.1 Å². The topological polar surface area (TPSA) is 65.5 Å². The molecule has 0 amide bonds. The fourth-order valence-corrected chi connectivity index (χ4v) is 1.40. The van der Waals surface area contributed by atoms with Gasteiger partial charge in [-0.05, 0) is 13.3 Å². The molecule has 0 aliphatic rings. The van der Waals surface area contributed by atoms with E-state index in [1.54, 1.807) is 20.3 Å². The Hall–Kier alpha value is -1.40. The summed E-state index contributed by atoms with van der Waals surface area (Å²) in [5, 5.41) is 3.30. The molecule has 0 bridgehead atoms. The van der Waals surface area contributed by atoms with Gasteiger partial charge in [-0.15, -0.1) is 0 Å². The molecule has 0 fully saturated rings. The maximum atomic E-state index is 5.52. The van der Waals surface area contributed by atoms with Crippen LogP contribution in [0.4, 0.5) is 5.82 Å². The molecule has 1 atom stereocenters. The average molecular weight is 269 g/mol. The van der Waals surface area contributed by atoms with Crippen molar-refractivity contribution in [2.75, 3.05) is 32.8 Å². The van der Waals surface area contributed by atoms with Gasteiger partial charge in [0.1, 0.15) is 19.0 Å². The van der Waals surface area contributed by atoms with Crippen LogP contribution in [0.2, 0.25) is 0 Å². The summed E-state index contributed by atoms with van der Waals surface area (Å²) in [7, 11) is 3.25. The van der Waals surface area contributed by atoms with Crippen molar-refractivity contribution >= 4 is 5.82 Å². The Balaban J connectivity index is 2.77.